The van der Waals surface area contributed by atoms with Gasteiger partial charge < -0.3 is 14.1 Å². The summed E-state index contributed by atoms with van der Waals surface area (Å²) in [7, 11) is 1.80. The zero-order valence-electron chi connectivity index (χ0n) is 15.3. The fraction of sp³-hybridized carbons (Fsp3) is 0.500. The van der Waals surface area contributed by atoms with Crippen molar-refractivity contribution in [3.63, 3.8) is 0 Å². The molecule has 1 atom stereocenters. The van der Waals surface area contributed by atoms with Gasteiger partial charge in [-0.2, -0.15) is 0 Å². The number of rotatable bonds is 6. The number of benzene rings is 1. The Morgan fingerprint density at radius 3 is 2.96 bits per heavy atom. The number of hydrogen-bond acceptors (Lipinski definition) is 4. The van der Waals surface area contributed by atoms with Crippen molar-refractivity contribution in [2.24, 2.45) is 0 Å². The van der Waals surface area contributed by atoms with Gasteiger partial charge in [0.2, 0.25) is 11.8 Å². The van der Waals surface area contributed by atoms with E-state index in [1.807, 2.05) is 0 Å². The molecule has 1 fully saturated rings. The van der Waals surface area contributed by atoms with Crippen molar-refractivity contribution in [3.8, 4) is 11.5 Å². The van der Waals surface area contributed by atoms with Crippen molar-refractivity contribution in [3.05, 3.63) is 41.5 Å². The van der Waals surface area contributed by atoms with Crippen LogP contribution in [-0.2, 0) is 16.0 Å². The molecular weight excluding hydrogens is 335 g/mol. The van der Waals surface area contributed by atoms with Gasteiger partial charge in [0.25, 0.3) is 0 Å². The maximum absolute atomic E-state index is 13.4. The van der Waals surface area contributed by atoms with Crippen molar-refractivity contribution in [2.45, 2.75) is 45.1 Å². The van der Waals surface area contributed by atoms with Crippen LogP contribution in [0.3, 0.4) is 0 Å². The zero-order chi connectivity index (χ0) is 18.5. The summed E-state index contributed by atoms with van der Waals surface area (Å²) in [5.41, 5.74) is 1.16. The van der Waals surface area contributed by atoms with Crippen LogP contribution >= 0.6 is 0 Å². The smallest absolute Gasteiger partial charge is 0.228 e. The lowest BCUT2D eigenvalue weighted by Crippen LogP contribution is -2.32. The van der Waals surface area contributed by atoms with Crippen molar-refractivity contribution in [1.82, 2.24) is 9.88 Å². The van der Waals surface area contributed by atoms with E-state index >= 15 is 0 Å². The second-order valence-corrected chi connectivity index (χ2v) is 6.80. The number of carbonyl (C=O) groups excluding carboxylic acids is 1. The molecule has 0 radical (unpaired) electrons. The first-order chi connectivity index (χ1) is 12.5. The summed E-state index contributed by atoms with van der Waals surface area (Å²) in [5, 5.41) is 0. The monoisotopic (exact) mass is 360 g/mol. The summed E-state index contributed by atoms with van der Waals surface area (Å²) in [6, 6.07) is 6.08. The largest absolute Gasteiger partial charge is 0.441 e. The number of halogens is 1. The number of amides is 1. The van der Waals surface area contributed by atoms with E-state index in [1.54, 1.807) is 31.0 Å². The summed E-state index contributed by atoms with van der Waals surface area (Å²) in [5.74, 6) is 0.563. The van der Waals surface area contributed by atoms with Crippen LogP contribution in [-0.4, -0.2) is 42.1 Å². The predicted molar refractivity (Wildman–Crippen MR) is 96.2 cm³/mol. The molecule has 0 aliphatic carbocycles. The van der Waals surface area contributed by atoms with Crippen LogP contribution in [0, 0.1) is 12.7 Å². The average molecular weight is 360 g/mol. The lowest BCUT2D eigenvalue weighted by atomic mass is 10.1. The molecule has 3 rings (SSSR count). The highest BCUT2D eigenvalue weighted by Crippen LogP contribution is 2.23. The van der Waals surface area contributed by atoms with Crippen molar-refractivity contribution in [1.29, 1.82) is 0 Å². The Kier molecular flexibility index (Phi) is 6.04. The molecule has 0 saturated carbocycles. The number of nitrogens with zero attached hydrogens (tertiary/aromatic N) is 2. The molecule has 0 bridgehead atoms. The Morgan fingerprint density at radius 2 is 2.23 bits per heavy atom. The Bertz CT molecular complexity index is 753. The van der Waals surface area contributed by atoms with E-state index in [9.17, 15) is 9.18 Å². The maximum atomic E-state index is 13.4. The van der Waals surface area contributed by atoms with E-state index in [1.165, 1.54) is 18.6 Å². The molecule has 1 saturated heterocycles. The van der Waals surface area contributed by atoms with Gasteiger partial charge in [-0.05, 0) is 50.8 Å². The van der Waals surface area contributed by atoms with Gasteiger partial charge in [-0.25, -0.2) is 9.37 Å². The molecule has 1 amide bonds. The first-order valence-corrected chi connectivity index (χ1v) is 9.10. The van der Waals surface area contributed by atoms with E-state index in [0.717, 1.165) is 25.9 Å². The summed E-state index contributed by atoms with van der Waals surface area (Å²) in [6.07, 6.45) is 4.68. The quantitative estimate of drug-likeness (QED) is 0.787. The summed E-state index contributed by atoms with van der Waals surface area (Å²) < 4.78 is 24.7. The number of oxazole rings is 1. The normalized spacial score (nSPS) is 17.3. The van der Waals surface area contributed by atoms with Gasteiger partial charge in [0, 0.05) is 25.8 Å². The van der Waals surface area contributed by atoms with Gasteiger partial charge in [0.1, 0.15) is 11.6 Å². The summed E-state index contributed by atoms with van der Waals surface area (Å²) in [6.45, 7) is 3.26. The molecular formula is C20H25FN2O3. The van der Waals surface area contributed by atoms with Gasteiger partial charge in [-0.15, -0.1) is 0 Å². The van der Waals surface area contributed by atoms with Crippen molar-refractivity contribution >= 4 is 5.91 Å². The highest BCUT2D eigenvalue weighted by atomic mass is 19.1. The Balaban J connectivity index is 1.58. The van der Waals surface area contributed by atoms with Crippen LogP contribution in [0.25, 0.3) is 11.5 Å². The minimum atomic E-state index is -0.347. The molecule has 1 aliphatic rings. The number of aromatic nitrogens is 1. The molecule has 2 aromatic rings. The van der Waals surface area contributed by atoms with Crippen LogP contribution < -0.4 is 0 Å². The van der Waals surface area contributed by atoms with Crippen LogP contribution in [0.1, 0.15) is 37.1 Å². The minimum Gasteiger partial charge on any atom is -0.441 e. The highest BCUT2D eigenvalue weighted by Gasteiger charge is 2.19. The molecule has 1 aromatic carbocycles. The van der Waals surface area contributed by atoms with Gasteiger partial charge in [0.15, 0.2) is 0 Å². The highest BCUT2D eigenvalue weighted by molar-refractivity contribution is 5.78. The second-order valence-electron chi connectivity index (χ2n) is 6.80. The summed E-state index contributed by atoms with van der Waals surface area (Å²) in [4.78, 5) is 18.6. The molecule has 0 spiro atoms. The van der Waals surface area contributed by atoms with Crippen molar-refractivity contribution < 1.29 is 18.3 Å². The topological polar surface area (TPSA) is 55.6 Å². The van der Waals surface area contributed by atoms with Crippen LogP contribution in [0.2, 0.25) is 0 Å². The van der Waals surface area contributed by atoms with Gasteiger partial charge in [0.05, 0.1) is 18.2 Å². The number of aryl methyl sites for hydroxylation is 1. The maximum Gasteiger partial charge on any atom is 0.228 e. The van der Waals surface area contributed by atoms with E-state index in [0.29, 0.717) is 29.5 Å². The average Bonchev–Trinajstić information content (AvgIpc) is 3.01. The van der Waals surface area contributed by atoms with Gasteiger partial charge in [-0.1, -0.05) is 6.07 Å². The van der Waals surface area contributed by atoms with E-state index < -0.39 is 0 Å². The summed E-state index contributed by atoms with van der Waals surface area (Å²) >= 11 is 0. The van der Waals surface area contributed by atoms with Crippen LogP contribution in [0.4, 0.5) is 4.39 Å². The molecule has 1 aliphatic heterocycles. The molecule has 2 heterocycles. The number of hydrogen-bond donors (Lipinski definition) is 0. The van der Waals surface area contributed by atoms with Crippen LogP contribution in [0.5, 0.6) is 0 Å². The predicted octanol–water partition coefficient (Wildman–Crippen LogP) is 3.75. The van der Waals surface area contributed by atoms with Gasteiger partial charge >= 0.3 is 0 Å². The number of carbonyl (C=O) groups is 1. The second kappa shape index (κ2) is 8.45. The standard InChI is InChI=1S/C20H25FN2O3/c1-14-18(22-20(26-14)15-6-5-7-16(21)12-15)13-19(24)23(2)10-9-17-8-3-4-11-25-17/h5-7,12,17H,3-4,8-11,13H2,1-2H3. The Labute approximate surface area is 153 Å². The lowest BCUT2D eigenvalue weighted by Gasteiger charge is -2.25. The fourth-order valence-corrected chi connectivity index (χ4v) is 3.11. The van der Waals surface area contributed by atoms with Crippen LogP contribution in [0.15, 0.2) is 28.7 Å². The molecule has 5 nitrogen and oxygen atoms in total. The molecule has 6 heteroatoms. The van der Waals surface area contributed by atoms with Crippen molar-refractivity contribution in [2.75, 3.05) is 20.2 Å². The van der Waals surface area contributed by atoms with Gasteiger partial charge in [-0.3, -0.25) is 4.79 Å². The number of ether oxygens (including phenoxy) is 1. The fourth-order valence-electron chi connectivity index (χ4n) is 3.11. The zero-order valence-corrected chi connectivity index (χ0v) is 15.3. The molecule has 26 heavy (non-hydrogen) atoms. The van der Waals surface area contributed by atoms with E-state index in [4.69, 9.17) is 9.15 Å². The third-order valence-electron chi connectivity index (χ3n) is 4.77. The lowest BCUT2D eigenvalue weighted by molar-refractivity contribution is -0.129. The molecule has 140 valence electrons. The van der Waals surface area contributed by atoms with E-state index in [-0.39, 0.29) is 24.2 Å². The molecule has 1 unspecified atom stereocenters. The Hall–Kier alpha value is -2.21. The Morgan fingerprint density at radius 1 is 1.38 bits per heavy atom. The third-order valence-corrected chi connectivity index (χ3v) is 4.77. The minimum absolute atomic E-state index is 0.0111. The first kappa shape index (κ1) is 18.6. The molecule has 1 aromatic heterocycles. The molecule has 0 N–H and O–H groups in total. The third kappa shape index (κ3) is 4.69. The van der Waals surface area contributed by atoms with E-state index in [2.05, 4.69) is 4.98 Å². The SMILES string of the molecule is Cc1oc(-c2cccc(F)c2)nc1CC(=O)N(C)CCC1CCCCO1. The number of likely N-dealkylation sites (N-methyl/N-ethyl adjacent to an activating group) is 1. The first-order valence-electron chi connectivity index (χ1n) is 9.10.